The highest BCUT2D eigenvalue weighted by atomic mass is 28.4. The third-order valence-corrected chi connectivity index (χ3v) is 5.58. The first-order valence-corrected chi connectivity index (χ1v) is 12.0. The van der Waals surface area contributed by atoms with Crippen LogP contribution in [0, 0.1) is 11.8 Å². The monoisotopic (exact) mass is 348 g/mol. The fourth-order valence-electron chi connectivity index (χ4n) is 3.32. The molecule has 0 amide bonds. The molecule has 1 aliphatic carbocycles. The highest BCUT2D eigenvalue weighted by Crippen LogP contribution is 2.58. The number of ether oxygens (including phenoxy) is 1. The van der Waals surface area contributed by atoms with Crippen LogP contribution in [0.4, 0.5) is 5.69 Å². The van der Waals surface area contributed by atoms with E-state index < -0.39 is 13.9 Å². The Balaban J connectivity index is 2.15. The summed E-state index contributed by atoms with van der Waals surface area (Å²) in [5.74, 6) is 0.0217. The van der Waals surface area contributed by atoms with Crippen LogP contribution in [0.2, 0.25) is 19.6 Å². The number of azo groups is 1. The first kappa shape index (κ1) is 18.8. The number of benzene rings is 1. The van der Waals surface area contributed by atoms with Crippen molar-refractivity contribution in [1.82, 2.24) is 0 Å². The van der Waals surface area contributed by atoms with E-state index >= 15 is 0 Å². The van der Waals surface area contributed by atoms with Gasteiger partial charge in [-0.3, -0.25) is 0 Å². The van der Waals surface area contributed by atoms with E-state index in [0.29, 0.717) is 6.61 Å². The lowest BCUT2D eigenvalue weighted by molar-refractivity contribution is -0.144. The summed E-state index contributed by atoms with van der Waals surface area (Å²) in [6, 6.07) is 9.49. The Hall–Kier alpha value is -1.53. The first-order chi connectivity index (χ1) is 11.3. The Morgan fingerprint density at radius 1 is 1.21 bits per heavy atom. The SMILES string of the molecule is CC[C@@H]1[C@H](CCO[Si](C)(C)C)C1(N=Nc1ccccc1)C(=O)OC. The molecule has 5 nitrogen and oxygen atoms in total. The molecule has 1 aromatic carbocycles. The molecule has 1 saturated carbocycles. The first-order valence-electron chi connectivity index (χ1n) is 8.55. The highest BCUT2D eigenvalue weighted by molar-refractivity contribution is 6.69. The number of nitrogens with zero attached hydrogens (tertiary/aromatic N) is 2. The number of methoxy groups -OCH3 is 1. The summed E-state index contributed by atoms with van der Waals surface area (Å²) in [6.45, 7) is 9.25. The van der Waals surface area contributed by atoms with E-state index in [0.717, 1.165) is 18.5 Å². The van der Waals surface area contributed by atoms with Crippen LogP contribution in [-0.2, 0) is 14.0 Å². The average molecular weight is 349 g/mol. The molecule has 1 aliphatic rings. The quantitative estimate of drug-likeness (QED) is 0.392. The number of hydrogen-bond donors (Lipinski definition) is 0. The number of esters is 1. The van der Waals surface area contributed by atoms with Gasteiger partial charge in [-0.25, -0.2) is 4.79 Å². The zero-order chi connectivity index (χ0) is 17.8. The van der Waals surface area contributed by atoms with Gasteiger partial charge in [0.25, 0.3) is 0 Å². The molecular weight excluding hydrogens is 320 g/mol. The van der Waals surface area contributed by atoms with Crippen molar-refractivity contribution in [3.8, 4) is 0 Å². The van der Waals surface area contributed by atoms with Crippen molar-refractivity contribution in [2.24, 2.45) is 22.1 Å². The minimum Gasteiger partial charge on any atom is -0.467 e. The Kier molecular flexibility index (Phi) is 5.93. The minimum absolute atomic E-state index is 0.138. The summed E-state index contributed by atoms with van der Waals surface area (Å²) >= 11 is 0. The van der Waals surface area contributed by atoms with E-state index in [1.54, 1.807) is 0 Å². The maximum absolute atomic E-state index is 12.4. The van der Waals surface area contributed by atoms with Crippen molar-refractivity contribution in [3.63, 3.8) is 0 Å². The van der Waals surface area contributed by atoms with Gasteiger partial charge in [0.15, 0.2) is 13.9 Å². The molecule has 0 radical (unpaired) electrons. The third-order valence-electron chi connectivity index (χ3n) is 4.51. The van der Waals surface area contributed by atoms with Crippen LogP contribution in [0.25, 0.3) is 0 Å². The lowest BCUT2D eigenvalue weighted by Gasteiger charge is -2.17. The Labute approximate surface area is 145 Å². The molecule has 0 spiro atoms. The summed E-state index contributed by atoms with van der Waals surface area (Å²) in [7, 11) is -0.132. The topological polar surface area (TPSA) is 60.2 Å². The van der Waals surface area contributed by atoms with Crippen molar-refractivity contribution in [2.75, 3.05) is 13.7 Å². The van der Waals surface area contributed by atoms with Gasteiger partial charge in [0.05, 0.1) is 12.8 Å². The van der Waals surface area contributed by atoms with Gasteiger partial charge < -0.3 is 9.16 Å². The van der Waals surface area contributed by atoms with Crippen molar-refractivity contribution in [3.05, 3.63) is 30.3 Å². The van der Waals surface area contributed by atoms with Gasteiger partial charge in [0.1, 0.15) is 0 Å². The van der Waals surface area contributed by atoms with E-state index in [9.17, 15) is 4.79 Å². The summed E-state index contributed by atoms with van der Waals surface area (Å²) in [5, 5.41) is 8.77. The molecule has 3 atom stereocenters. The molecule has 0 heterocycles. The van der Waals surface area contributed by atoms with Crippen LogP contribution >= 0.6 is 0 Å². The fraction of sp³-hybridized carbons (Fsp3) is 0.611. The average Bonchev–Trinajstić information content (AvgIpc) is 3.19. The molecule has 6 heteroatoms. The molecule has 1 unspecified atom stereocenters. The molecule has 0 bridgehead atoms. The highest BCUT2D eigenvalue weighted by Gasteiger charge is 2.70. The number of hydrogen-bond acceptors (Lipinski definition) is 5. The number of rotatable bonds is 8. The largest absolute Gasteiger partial charge is 0.467 e. The molecule has 0 aromatic heterocycles. The fourth-order valence-corrected chi connectivity index (χ4v) is 4.05. The third kappa shape index (κ3) is 4.11. The summed E-state index contributed by atoms with van der Waals surface area (Å²) in [5.41, 5.74) is -0.0954. The second-order valence-electron chi connectivity index (χ2n) is 7.22. The zero-order valence-corrected chi connectivity index (χ0v) is 16.3. The number of carbonyl (C=O) groups is 1. The predicted octanol–water partition coefficient (Wildman–Crippen LogP) is 4.58. The zero-order valence-electron chi connectivity index (χ0n) is 15.3. The standard InChI is InChI=1S/C18H28N2O3Si/c1-6-15-16(12-13-23-24(3,4)5)18(15,17(21)22-2)20-19-14-10-8-7-9-11-14/h7-11,15-16H,6,12-13H2,1-5H3/t15-,16+,18?/m1/s1. The molecule has 1 fully saturated rings. The lowest BCUT2D eigenvalue weighted by Crippen LogP contribution is -2.28. The Morgan fingerprint density at radius 2 is 1.88 bits per heavy atom. The summed E-state index contributed by atoms with van der Waals surface area (Å²) in [4.78, 5) is 12.4. The summed E-state index contributed by atoms with van der Waals surface area (Å²) < 4.78 is 11.0. The minimum atomic E-state index is -1.55. The maximum atomic E-state index is 12.4. The van der Waals surface area contributed by atoms with Crippen molar-refractivity contribution in [1.29, 1.82) is 0 Å². The Morgan fingerprint density at radius 3 is 2.42 bits per heavy atom. The van der Waals surface area contributed by atoms with Crippen LogP contribution in [0.15, 0.2) is 40.6 Å². The van der Waals surface area contributed by atoms with Gasteiger partial charge >= 0.3 is 5.97 Å². The lowest BCUT2D eigenvalue weighted by atomic mass is 10.2. The van der Waals surface area contributed by atoms with E-state index in [4.69, 9.17) is 9.16 Å². The molecule has 0 N–H and O–H groups in total. The number of carbonyl (C=O) groups excluding carboxylic acids is 1. The molecule has 0 saturated heterocycles. The normalized spacial score (nSPS) is 26.5. The van der Waals surface area contributed by atoms with Gasteiger partial charge in [0, 0.05) is 18.4 Å². The van der Waals surface area contributed by atoms with Gasteiger partial charge in [-0.2, -0.15) is 10.2 Å². The smallest absolute Gasteiger partial charge is 0.336 e. The Bertz CT molecular complexity index is 586. The van der Waals surface area contributed by atoms with Crippen molar-refractivity contribution >= 4 is 20.0 Å². The molecule has 132 valence electrons. The summed E-state index contributed by atoms with van der Waals surface area (Å²) in [6.07, 6.45) is 1.69. The van der Waals surface area contributed by atoms with Crippen LogP contribution in [0.3, 0.4) is 0 Å². The van der Waals surface area contributed by atoms with Gasteiger partial charge in [-0.15, -0.1) is 0 Å². The van der Waals surface area contributed by atoms with Gasteiger partial charge in [0.2, 0.25) is 0 Å². The second kappa shape index (κ2) is 7.57. The van der Waals surface area contributed by atoms with Gasteiger partial charge in [-0.05, 0) is 44.6 Å². The van der Waals surface area contributed by atoms with Crippen LogP contribution in [-0.4, -0.2) is 33.5 Å². The van der Waals surface area contributed by atoms with E-state index in [2.05, 4.69) is 36.8 Å². The van der Waals surface area contributed by atoms with E-state index in [1.165, 1.54) is 7.11 Å². The van der Waals surface area contributed by atoms with Crippen LogP contribution < -0.4 is 0 Å². The predicted molar refractivity (Wildman–Crippen MR) is 96.9 cm³/mol. The van der Waals surface area contributed by atoms with Crippen molar-refractivity contribution < 1.29 is 14.0 Å². The van der Waals surface area contributed by atoms with Crippen molar-refractivity contribution in [2.45, 2.75) is 44.9 Å². The molecule has 0 aliphatic heterocycles. The molecule has 2 rings (SSSR count). The van der Waals surface area contributed by atoms with Gasteiger partial charge in [-0.1, -0.05) is 25.1 Å². The van der Waals surface area contributed by atoms with Crippen LogP contribution in [0.1, 0.15) is 19.8 Å². The molecule has 1 aromatic rings. The van der Waals surface area contributed by atoms with E-state index in [-0.39, 0.29) is 17.8 Å². The second-order valence-corrected chi connectivity index (χ2v) is 11.7. The molecular formula is C18H28N2O3Si. The van der Waals surface area contributed by atoms with Crippen LogP contribution in [0.5, 0.6) is 0 Å². The maximum Gasteiger partial charge on any atom is 0.336 e. The van der Waals surface area contributed by atoms with E-state index in [1.807, 2.05) is 30.3 Å². The molecule has 24 heavy (non-hydrogen) atoms.